The van der Waals surface area contributed by atoms with Gasteiger partial charge in [-0.05, 0) is 54.3 Å². The molecule has 3 rings (SSSR count). The molecule has 0 aliphatic carbocycles. The Morgan fingerprint density at radius 1 is 1.29 bits per heavy atom. The average molecular weight is 412 g/mol. The molecule has 0 bridgehead atoms. The van der Waals surface area contributed by atoms with Crippen LogP contribution < -0.4 is 4.90 Å². The topological polar surface area (TPSA) is 49.6 Å². The number of likely N-dealkylation sites (N-methyl/N-ethyl adjacent to an activating group) is 1. The zero-order chi connectivity index (χ0) is 17.3. The maximum Gasteiger partial charge on any atom is 0.295 e. The molecule has 0 aliphatic heterocycles. The number of para-hydroxylation sites is 1. The van der Waals surface area contributed by atoms with Gasteiger partial charge in [0.2, 0.25) is 0 Å². The molecule has 0 fully saturated rings. The van der Waals surface area contributed by atoms with Crippen molar-refractivity contribution in [3.8, 4) is 0 Å². The van der Waals surface area contributed by atoms with Crippen molar-refractivity contribution in [1.29, 1.82) is 0 Å². The maximum absolute atomic E-state index is 13.9. The number of carbonyl (C=O) groups is 1. The van der Waals surface area contributed by atoms with Crippen molar-refractivity contribution in [3.63, 3.8) is 0 Å². The molecule has 126 valence electrons. The molecule has 0 aliphatic rings. The van der Waals surface area contributed by atoms with E-state index in [-0.39, 0.29) is 17.2 Å². The molecule has 1 aromatic carbocycles. The summed E-state index contributed by atoms with van der Waals surface area (Å²) in [4.78, 5) is 20.6. The van der Waals surface area contributed by atoms with E-state index in [2.05, 4.69) is 20.9 Å². The minimum Gasteiger partial charge on any atom is -0.444 e. The summed E-state index contributed by atoms with van der Waals surface area (Å²) in [5.74, 6) is -0.488. The van der Waals surface area contributed by atoms with Gasteiger partial charge in [-0.25, -0.2) is 9.37 Å². The number of fused-ring (bicyclic) bond motifs is 1. The van der Waals surface area contributed by atoms with Crippen LogP contribution >= 0.6 is 27.3 Å². The average Bonchev–Trinajstić information content (AvgIpc) is 3.14. The first kappa shape index (κ1) is 17.1. The van der Waals surface area contributed by atoms with Gasteiger partial charge in [-0.1, -0.05) is 17.4 Å². The number of nitrogens with zero attached hydrogens (tertiary/aromatic N) is 3. The lowest BCUT2D eigenvalue weighted by Gasteiger charge is -2.20. The Morgan fingerprint density at radius 3 is 2.71 bits per heavy atom. The Balaban J connectivity index is 1.99. The van der Waals surface area contributed by atoms with Crippen LogP contribution in [0.2, 0.25) is 0 Å². The minimum atomic E-state index is -0.393. The first-order valence-electron chi connectivity index (χ1n) is 7.22. The number of rotatable bonds is 5. The molecule has 0 saturated heterocycles. The standard InChI is InChI=1S/C16H15BrFN3O2S/c1-20(2)8-9-21(15(22)11-6-7-13(17)23-11)16-19-14-10(18)4-3-5-12(14)24-16/h3-7H,8-9H2,1-2H3. The number of furan rings is 1. The number of aromatic nitrogens is 1. The summed E-state index contributed by atoms with van der Waals surface area (Å²) in [6.07, 6.45) is 0. The van der Waals surface area contributed by atoms with Crippen LogP contribution in [0.1, 0.15) is 10.6 Å². The van der Waals surface area contributed by atoms with Crippen molar-refractivity contribution in [1.82, 2.24) is 9.88 Å². The number of carbonyl (C=O) groups excluding carboxylic acids is 1. The zero-order valence-corrected chi connectivity index (χ0v) is 15.5. The lowest BCUT2D eigenvalue weighted by Crippen LogP contribution is -2.36. The molecule has 0 saturated carbocycles. The molecule has 0 N–H and O–H groups in total. The van der Waals surface area contributed by atoms with Crippen LogP contribution in [-0.2, 0) is 0 Å². The summed E-state index contributed by atoms with van der Waals surface area (Å²) in [5, 5.41) is 0.453. The van der Waals surface area contributed by atoms with Gasteiger partial charge in [-0.3, -0.25) is 9.69 Å². The predicted molar refractivity (Wildman–Crippen MR) is 96.2 cm³/mol. The number of hydrogen-bond donors (Lipinski definition) is 0. The van der Waals surface area contributed by atoms with Gasteiger partial charge >= 0.3 is 0 Å². The summed E-state index contributed by atoms with van der Waals surface area (Å²) >= 11 is 4.48. The monoisotopic (exact) mass is 411 g/mol. The van der Waals surface area contributed by atoms with E-state index in [0.717, 1.165) is 0 Å². The quantitative estimate of drug-likeness (QED) is 0.636. The second-order valence-corrected chi connectivity index (χ2v) is 7.24. The van der Waals surface area contributed by atoms with E-state index in [0.29, 0.717) is 27.6 Å². The fourth-order valence-electron chi connectivity index (χ4n) is 2.16. The second-order valence-electron chi connectivity index (χ2n) is 5.45. The van der Waals surface area contributed by atoms with Gasteiger partial charge in [0, 0.05) is 13.1 Å². The Morgan fingerprint density at radius 2 is 2.08 bits per heavy atom. The van der Waals surface area contributed by atoms with Crippen molar-refractivity contribution in [3.05, 3.63) is 46.6 Å². The Bertz CT molecular complexity index is 877. The van der Waals surface area contributed by atoms with Crippen molar-refractivity contribution in [2.75, 3.05) is 32.1 Å². The first-order chi connectivity index (χ1) is 11.5. The lowest BCUT2D eigenvalue weighted by molar-refractivity contribution is 0.0957. The highest BCUT2D eigenvalue weighted by Gasteiger charge is 2.24. The van der Waals surface area contributed by atoms with Gasteiger partial charge in [0.25, 0.3) is 5.91 Å². The van der Waals surface area contributed by atoms with Crippen molar-refractivity contribution >= 4 is 48.5 Å². The second kappa shape index (κ2) is 7.00. The number of thiazole rings is 1. The molecule has 3 aromatic rings. The van der Waals surface area contributed by atoms with E-state index in [4.69, 9.17) is 4.42 Å². The largest absolute Gasteiger partial charge is 0.444 e. The summed E-state index contributed by atoms with van der Waals surface area (Å²) in [5.41, 5.74) is 0.278. The Labute approximate surface area is 150 Å². The molecular weight excluding hydrogens is 397 g/mol. The van der Waals surface area contributed by atoms with Crippen LogP contribution in [0.5, 0.6) is 0 Å². The lowest BCUT2D eigenvalue weighted by atomic mass is 10.3. The molecule has 0 atom stereocenters. The molecule has 0 radical (unpaired) electrons. The highest BCUT2D eigenvalue weighted by molar-refractivity contribution is 9.10. The highest BCUT2D eigenvalue weighted by Crippen LogP contribution is 2.31. The SMILES string of the molecule is CN(C)CCN(C(=O)c1ccc(Br)o1)c1nc2c(F)cccc2s1. The molecular formula is C16H15BrFN3O2S. The molecule has 24 heavy (non-hydrogen) atoms. The smallest absolute Gasteiger partial charge is 0.295 e. The number of anilines is 1. The molecule has 8 heteroatoms. The van der Waals surface area contributed by atoms with Gasteiger partial charge in [0.15, 0.2) is 15.6 Å². The molecule has 2 aromatic heterocycles. The van der Waals surface area contributed by atoms with Crippen LogP contribution in [-0.4, -0.2) is 43.0 Å². The summed E-state index contributed by atoms with van der Waals surface area (Å²) in [6, 6.07) is 8.05. The third-order valence-electron chi connectivity index (χ3n) is 3.39. The van der Waals surface area contributed by atoms with Gasteiger partial charge in [-0.15, -0.1) is 0 Å². The minimum absolute atomic E-state index is 0.209. The van der Waals surface area contributed by atoms with Crippen molar-refractivity contribution < 1.29 is 13.6 Å². The molecule has 1 amide bonds. The normalized spacial score (nSPS) is 11.4. The number of amides is 1. The number of hydrogen-bond acceptors (Lipinski definition) is 5. The maximum atomic E-state index is 13.9. The van der Waals surface area contributed by atoms with Gasteiger partial charge in [0.1, 0.15) is 11.3 Å². The van der Waals surface area contributed by atoms with Gasteiger partial charge in [-0.2, -0.15) is 0 Å². The third-order valence-corrected chi connectivity index (χ3v) is 4.86. The van der Waals surface area contributed by atoms with Crippen LogP contribution in [0.4, 0.5) is 9.52 Å². The Hall–Kier alpha value is -1.77. The van der Waals surface area contributed by atoms with E-state index in [9.17, 15) is 9.18 Å². The number of halogens is 2. The molecule has 0 spiro atoms. The van der Waals surface area contributed by atoms with Crippen LogP contribution in [0, 0.1) is 5.82 Å². The summed E-state index contributed by atoms with van der Waals surface area (Å²) in [6.45, 7) is 1.07. The van der Waals surface area contributed by atoms with Gasteiger partial charge < -0.3 is 9.32 Å². The fraction of sp³-hybridized carbons (Fsp3) is 0.250. The van der Waals surface area contributed by atoms with E-state index < -0.39 is 5.82 Å². The van der Waals surface area contributed by atoms with Crippen LogP contribution in [0.15, 0.2) is 39.4 Å². The van der Waals surface area contributed by atoms with Crippen LogP contribution in [0.25, 0.3) is 10.2 Å². The van der Waals surface area contributed by atoms with Crippen molar-refractivity contribution in [2.24, 2.45) is 0 Å². The molecule has 0 unspecified atom stereocenters. The van der Waals surface area contributed by atoms with E-state index in [1.165, 1.54) is 22.3 Å². The summed E-state index contributed by atoms with van der Waals surface area (Å²) in [7, 11) is 3.84. The Kier molecular flexibility index (Phi) is 4.98. The fourth-order valence-corrected chi connectivity index (χ4v) is 3.48. The summed E-state index contributed by atoms with van der Waals surface area (Å²) < 4.78 is 20.5. The number of benzene rings is 1. The van der Waals surface area contributed by atoms with E-state index >= 15 is 0 Å². The van der Waals surface area contributed by atoms with Crippen LogP contribution in [0.3, 0.4) is 0 Å². The molecule has 5 nitrogen and oxygen atoms in total. The molecule has 2 heterocycles. The van der Waals surface area contributed by atoms with Crippen molar-refractivity contribution in [2.45, 2.75) is 0 Å². The first-order valence-corrected chi connectivity index (χ1v) is 8.83. The van der Waals surface area contributed by atoms with E-state index in [1.807, 2.05) is 19.0 Å². The van der Waals surface area contributed by atoms with Gasteiger partial charge in [0.05, 0.1) is 4.70 Å². The third kappa shape index (κ3) is 3.50. The zero-order valence-electron chi connectivity index (χ0n) is 13.1. The predicted octanol–water partition coefficient (Wildman–Crippen LogP) is 4.00. The van der Waals surface area contributed by atoms with E-state index in [1.54, 1.807) is 24.3 Å². The highest BCUT2D eigenvalue weighted by atomic mass is 79.9.